The third kappa shape index (κ3) is 2.89. The van der Waals surface area contributed by atoms with Gasteiger partial charge in [0.2, 0.25) is 0 Å². The Labute approximate surface area is 117 Å². The number of ether oxygens (including phenoxy) is 1. The van der Waals surface area contributed by atoms with Gasteiger partial charge in [-0.3, -0.25) is 9.78 Å². The van der Waals surface area contributed by atoms with E-state index >= 15 is 0 Å². The lowest BCUT2D eigenvalue weighted by molar-refractivity contribution is -0.137. The zero-order valence-corrected chi connectivity index (χ0v) is 12.4. The molecule has 100 valence electrons. The number of nitrogens with zero attached hydrogens (tertiary/aromatic N) is 1. The number of rotatable bonds is 3. The van der Waals surface area contributed by atoms with E-state index in [-0.39, 0.29) is 5.97 Å². The highest BCUT2D eigenvalue weighted by atomic mass is 32.2. The fourth-order valence-electron chi connectivity index (χ4n) is 2.03. The normalized spacial score (nSPS) is 10.7. The predicted octanol–water partition coefficient (Wildman–Crippen LogP) is 3.43. The Bertz CT molecular complexity index is 638. The minimum absolute atomic E-state index is 0.210. The number of esters is 1. The Balaban J connectivity index is 2.53. The van der Waals surface area contributed by atoms with Gasteiger partial charge < -0.3 is 4.74 Å². The first kappa shape index (κ1) is 13.9. The summed E-state index contributed by atoms with van der Waals surface area (Å²) in [6, 6.07) is 6.21. The Morgan fingerprint density at radius 3 is 2.63 bits per heavy atom. The third-order valence-electron chi connectivity index (χ3n) is 3.04. The second kappa shape index (κ2) is 5.61. The molecule has 2 rings (SSSR count). The molecule has 1 aromatic heterocycles. The maximum Gasteiger partial charge on any atom is 0.315 e. The van der Waals surface area contributed by atoms with Crippen molar-refractivity contribution in [3.63, 3.8) is 0 Å². The summed E-state index contributed by atoms with van der Waals surface area (Å²) in [5.74, 6) is 0.112. The monoisotopic (exact) mass is 275 g/mol. The first-order valence-electron chi connectivity index (χ1n) is 6.10. The van der Waals surface area contributed by atoms with Crippen LogP contribution in [0.3, 0.4) is 0 Å². The number of methoxy groups -OCH3 is 1. The van der Waals surface area contributed by atoms with Crippen molar-refractivity contribution in [2.75, 3.05) is 12.9 Å². The van der Waals surface area contributed by atoms with Gasteiger partial charge in [0.15, 0.2) is 0 Å². The van der Waals surface area contributed by atoms with Gasteiger partial charge in [0.1, 0.15) is 0 Å². The fourth-order valence-corrected chi connectivity index (χ4v) is 3.08. The average Bonchev–Trinajstić information content (AvgIpc) is 2.39. The van der Waals surface area contributed by atoms with Crippen molar-refractivity contribution in [1.29, 1.82) is 0 Å². The van der Waals surface area contributed by atoms with Crippen LogP contribution in [0.1, 0.15) is 16.8 Å². The van der Waals surface area contributed by atoms with Gasteiger partial charge in [0.25, 0.3) is 0 Å². The molecule has 0 fully saturated rings. The summed E-state index contributed by atoms with van der Waals surface area (Å²) in [4.78, 5) is 17.0. The van der Waals surface area contributed by atoms with Crippen molar-refractivity contribution in [3.8, 4) is 0 Å². The fraction of sp³-hybridized carbons (Fsp3) is 0.333. The highest BCUT2D eigenvalue weighted by molar-refractivity contribution is 8.00. The van der Waals surface area contributed by atoms with E-state index in [2.05, 4.69) is 31.0 Å². The molecule has 0 radical (unpaired) electrons. The highest BCUT2D eigenvalue weighted by Gasteiger charge is 2.11. The molecular weight excluding hydrogens is 258 g/mol. The average molecular weight is 275 g/mol. The van der Waals surface area contributed by atoms with Crippen LogP contribution in [0.4, 0.5) is 0 Å². The molecule has 0 aliphatic carbocycles. The lowest BCUT2D eigenvalue weighted by Crippen LogP contribution is -2.03. The van der Waals surface area contributed by atoms with Crippen molar-refractivity contribution in [3.05, 3.63) is 35.0 Å². The number of hydrogen-bond donors (Lipinski definition) is 0. The number of fused-ring (bicyclic) bond motifs is 1. The van der Waals surface area contributed by atoms with Crippen LogP contribution in [-0.4, -0.2) is 23.8 Å². The van der Waals surface area contributed by atoms with E-state index in [0.717, 1.165) is 27.1 Å². The largest absolute Gasteiger partial charge is 0.468 e. The van der Waals surface area contributed by atoms with Crippen LogP contribution in [0, 0.1) is 20.8 Å². The summed E-state index contributed by atoms with van der Waals surface area (Å²) in [6.45, 7) is 6.10. The molecule has 0 unspecified atom stereocenters. The molecule has 0 saturated heterocycles. The Morgan fingerprint density at radius 1 is 1.26 bits per heavy atom. The van der Waals surface area contributed by atoms with E-state index in [0.29, 0.717) is 5.75 Å². The van der Waals surface area contributed by atoms with Crippen LogP contribution in [0.5, 0.6) is 0 Å². The summed E-state index contributed by atoms with van der Waals surface area (Å²) in [7, 11) is 1.41. The first-order chi connectivity index (χ1) is 9.02. The summed E-state index contributed by atoms with van der Waals surface area (Å²) < 4.78 is 4.69. The van der Waals surface area contributed by atoms with Gasteiger partial charge in [-0.2, -0.15) is 0 Å². The summed E-state index contributed by atoms with van der Waals surface area (Å²) in [6.07, 6.45) is 0. The topological polar surface area (TPSA) is 39.2 Å². The van der Waals surface area contributed by atoms with Crippen molar-refractivity contribution >= 4 is 28.6 Å². The number of carbonyl (C=O) groups is 1. The van der Waals surface area contributed by atoms with Crippen LogP contribution >= 0.6 is 11.8 Å². The second-order valence-electron chi connectivity index (χ2n) is 4.55. The third-order valence-corrected chi connectivity index (χ3v) is 4.05. The molecule has 0 bridgehead atoms. The molecule has 0 saturated carbocycles. The van der Waals surface area contributed by atoms with Gasteiger partial charge in [-0.05, 0) is 38.0 Å². The number of benzene rings is 1. The van der Waals surface area contributed by atoms with Crippen molar-refractivity contribution in [2.45, 2.75) is 25.7 Å². The molecule has 3 nitrogen and oxygen atoms in total. The molecule has 0 aliphatic rings. The standard InChI is InChI=1S/C15H17NO2S/c1-9-5-6-10(2)15-14(9)12(7-11(3)16-15)19-8-13(17)18-4/h5-7H,8H2,1-4H3. The summed E-state index contributed by atoms with van der Waals surface area (Å²) in [5.41, 5.74) is 4.32. The molecule has 2 aromatic rings. The lowest BCUT2D eigenvalue weighted by atomic mass is 10.1. The minimum atomic E-state index is -0.210. The van der Waals surface area contributed by atoms with Crippen LogP contribution in [0.15, 0.2) is 23.1 Å². The van der Waals surface area contributed by atoms with Gasteiger partial charge in [0.05, 0.1) is 18.4 Å². The van der Waals surface area contributed by atoms with Gasteiger partial charge in [0, 0.05) is 16.0 Å². The van der Waals surface area contributed by atoms with Crippen molar-refractivity contribution in [2.24, 2.45) is 0 Å². The molecule has 4 heteroatoms. The quantitative estimate of drug-likeness (QED) is 0.635. The van der Waals surface area contributed by atoms with Crippen molar-refractivity contribution < 1.29 is 9.53 Å². The SMILES string of the molecule is COC(=O)CSc1cc(C)nc2c(C)ccc(C)c12. The zero-order valence-electron chi connectivity index (χ0n) is 11.6. The number of carbonyl (C=O) groups excluding carboxylic acids is 1. The van der Waals surface area contributed by atoms with E-state index < -0.39 is 0 Å². The Kier molecular flexibility index (Phi) is 4.10. The Hall–Kier alpha value is -1.55. The number of aromatic nitrogens is 1. The second-order valence-corrected chi connectivity index (χ2v) is 5.57. The van der Waals surface area contributed by atoms with E-state index in [1.807, 2.05) is 13.0 Å². The molecule has 19 heavy (non-hydrogen) atoms. The molecule has 0 atom stereocenters. The predicted molar refractivity (Wildman–Crippen MR) is 78.7 cm³/mol. The van der Waals surface area contributed by atoms with E-state index in [1.54, 1.807) is 0 Å². The Morgan fingerprint density at radius 2 is 1.95 bits per heavy atom. The van der Waals surface area contributed by atoms with Crippen molar-refractivity contribution in [1.82, 2.24) is 4.98 Å². The van der Waals surface area contributed by atoms with Crippen LogP contribution < -0.4 is 0 Å². The molecule has 1 heterocycles. The number of hydrogen-bond acceptors (Lipinski definition) is 4. The lowest BCUT2D eigenvalue weighted by Gasteiger charge is -2.11. The maximum absolute atomic E-state index is 11.3. The summed E-state index contributed by atoms with van der Waals surface area (Å²) >= 11 is 1.51. The maximum atomic E-state index is 11.3. The number of thioether (sulfide) groups is 1. The van der Waals surface area contributed by atoms with Gasteiger partial charge in [-0.1, -0.05) is 12.1 Å². The molecule has 0 amide bonds. The summed E-state index contributed by atoms with van der Waals surface area (Å²) in [5, 5.41) is 1.14. The molecule has 0 N–H and O–H groups in total. The number of pyridine rings is 1. The molecule has 1 aromatic carbocycles. The van der Waals surface area contributed by atoms with Crippen LogP contribution in [0.25, 0.3) is 10.9 Å². The molecule has 0 aliphatic heterocycles. The van der Waals surface area contributed by atoms with Crippen LogP contribution in [-0.2, 0) is 9.53 Å². The van der Waals surface area contributed by atoms with E-state index in [1.165, 1.54) is 24.4 Å². The smallest absolute Gasteiger partial charge is 0.315 e. The molecular formula is C15H17NO2S. The van der Waals surface area contributed by atoms with Crippen LogP contribution in [0.2, 0.25) is 0 Å². The highest BCUT2D eigenvalue weighted by Crippen LogP contribution is 2.31. The molecule has 0 spiro atoms. The zero-order chi connectivity index (χ0) is 14.0. The minimum Gasteiger partial charge on any atom is -0.468 e. The van der Waals surface area contributed by atoms with E-state index in [4.69, 9.17) is 4.74 Å². The van der Waals surface area contributed by atoms with E-state index in [9.17, 15) is 4.79 Å². The van der Waals surface area contributed by atoms with Gasteiger partial charge in [-0.25, -0.2) is 0 Å². The first-order valence-corrected chi connectivity index (χ1v) is 7.08. The van der Waals surface area contributed by atoms with Gasteiger partial charge >= 0.3 is 5.97 Å². The number of aryl methyl sites for hydroxylation is 3. The van der Waals surface area contributed by atoms with Gasteiger partial charge in [-0.15, -0.1) is 11.8 Å².